The van der Waals surface area contributed by atoms with Crippen LogP contribution in [0.3, 0.4) is 0 Å². The fourth-order valence-electron chi connectivity index (χ4n) is 1.42. The van der Waals surface area contributed by atoms with Gasteiger partial charge in [-0.25, -0.2) is 4.83 Å². The molecule has 0 aliphatic heterocycles. The normalized spacial score (nSPS) is 11.7. The van der Waals surface area contributed by atoms with Gasteiger partial charge in [0.15, 0.2) is 0 Å². The van der Waals surface area contributed by atoms with E-state index in [-0.39, 0.29) is 4.90 Å². The van der Waals surface area contributed by atoms with E-state index in [1.807, 2.05) is 6.92 Å². The molecule has 0 aliphatic carbocycles. The summed E-state index contributed by atoms with van der Waals surface area (Å²) < 4.78 is 24.7. The maximum Gasteiger partial charge on any atom is 0.276 e. The molecular formula is C13H12BrN3O2S. The zero-order valence-electron chi connectivity index (χ0n) is 10.6. The molecular weight excluding hydrogens is 342 g/mol. The van der Waals surface area contributed by atoms with E-state index in [2.05, 4.69) is 30.8 Å². The third-order valence-corrected chi connectivity index (χ3v) is 4.18. The lowest BCUT2D eigenvalue weighted by Gasteiger charge is -2.03. The van der Waals surface area contributed by atoms with Crippen LogP contribution >= 0.6 is 15.9 Å². The summed E-state index contributed by atoms with van der Waals surface area (Å²) in [7, 11) is -3.64. The maximum absolute atomic E-state index is 11.9. The van der Waals surface area contributed by atoms with Crippen LogP contribution in [0.25, 0.3) is 0 Å². The number of halogens is 1. The van der Waals surface area contributed by atoms with E-state index in [0.717, 1.165) is 10.0 Å². The number of aromatic nitrogens is 1. The van der Waals surface area contributed by atoms with E-state index in [0.29, 0.717) is 5.69 Å². The summed E-state index contributed by atoms with van der Waals surface area (Å²) in [6.07, 6.45) is 2.94. The molecule has 0 bridgehead atoms. The molecule has 0 saturated carbocycles. The average Bonchev–Trinajstić information content (AvgIpc) is 2.39. The fraction of sp³-hybridized carbons (Fsp3) is 0.0769. The maximum atomic E-state index is 11.9. The number of hydrogen-bond donors (Lipinski definition) is 1. The number of hydrazone groups is 1. The minimum Gasteiger partial charge on any atom is -0.255 e. The van der Waals surface area contributed by atoms with Crippen LogP contribution in [0.2, 0.25) is 0 Å². The van der Waals surface area contributed by atoms with Crippen LogP contribution in [0.15, 0.2) is 57.1 Å². The van der Waals surface area contributed by atoms with Gasteiger partial charge in [-0.1, -0.05) is 33.6 Å². The van der Waals surface area contributed by atoms with Gasteiger partial charge in [-0.2, -0.15) is 13.5 Å². The lowest BCUT2D eigenvalue weighted by atomic mass is 10.2. The second kappa shape index (κ2) is 6.15. The van der Waals surface area contributed by atoms with Gasteiger partial charge in [0.05, 0.1) is 16.8 Å². The molecule has 20 heavy (non-hydrogen) atoms. The molecule has 0 radical (unpaired) electrons. The van der Waals surface area contributed by atoms with E-state index in [1.165, 1.54) is 18.3 Å². The Morgan fingerprint density at radius 3 is 2.60 bits per heavy atom. The molecule has 0 fully saturated rings. The van der Waals surface area contributed by atoms with Crippen LogP contribution in [0.1, 0.15) is 11.3 Å². The molecule has 1 N–H and O–H groups in total. The van der Waals surface area contributed by atoms with Crippen molar-refractivity contribution in [3.63, 3.8) is 0 Å². The standard InChI is InChI=1S/C13H12BrN3O2S/c1-10-2-4-13(5-3-10)20(18,19)17-16-9-12-8-11(14)6-7-15-12/h2-9,17H,1H3/b16-9-. The number of pyridine rings is 1. The van der Waals surface area contributed by atoms with Crippen LogP contribution in [0.5, 0.6) is 0 Å². The van der Waals surface area contributed by atoms with Gasteiger partial charge < -0.3 is 0 Å². The second-order valence-electron chi connectivity index (χ2n) is 4.06. The Hall–Kier alpha value is -1.73. The highest BCUT2D eigenvalue weighted by Crippen LogP contribution is 2.10. The predicted molar refractivity (Wildman–Crippen MR) is 81.0 cm³/mol. The molecule has 1 aromatic carbocycles. The Bertz CT molecular complexity index is 728. The minimum atomic E-state index is -3.64. The molecule has 0 spiro atoms. The molecule has 0 atom stereocenters. The van der Waals surface area contributed by atoms with Gasteiger partial charge in [-0.15, -0.1) is 0 Å². The monoisotopic (exact) mass is 353 g/mol. The molecule has 104 valence electrons. The Morgan fingerprint density at radius 1 is 1.25 bits per heavy atom. The molecule has 1 heterocycles. The summed E-state index contributed by atoms with van der Waals surface area (Å²) >= 11 is 3.30. The first-order valence-electron chi connectivity index (χ1n) is 5.70. The van der Waals surface area contributed by atoms with E-state index >= 15 is 0 Å². The smallest absolute Gasteiger partial charge is 0.255 e. The van der Waals surface area contributed by atoms with Gasteiger partial charge in [0, 0.05) is 10.7 Å². The van der Waals surface area contributed by atoms with Crippen molar-refractivity contribution in [1.29, 1.82) is 0 Å². The van der Waals surface area contributed by atoms with Crippen molar-refractivity contribution in [2.24, 2.45) is 5.10 Å². The lowest BCUT2D eigenvalue weighted by Crippen LogP contribution is -2.18. The summed E-state index contributed by atoms with van der Waals surface area (Å²) in [6.45, 7) is 1.89. The van der Waals surface area contributed by atoms with E-state index in [9.17, 15) is 8.42 Å². The highest BCUT2D eigenvalue weighted by Gasteiger charge is 2.11. The van der Waals surface area contributed by atoms with Gasteiger partial charge in [0.25, 0.3) is 10.0 Å². The second-order valence-corrected chi connectivity index (χ2v) is 6.64. The zero-order valence-corrected chi connectivity index (χ0v) is 13.0. The zero-order chi connectivity index (χ0) is 14.6. The summed E-state index contributed by atoms with van der Waals surface area (Å²) in [5.74, 6) is 0. The number of nitrogens with one attached hydrogen (secondary N) is 1. The largest absolute Gasteiger partial charge is 0.276 e. The highest BCUT2D eigenvalue weighted by atomic mass is 79.9. The van der Waals surface area contributed by atoms with Crippen LogP contribution in [-0.2, 0) is 10.0 Å². The van der Waals surface area contributed by atoms with Gasteiger partial charge >= 0.3 is 0 Å². The summed E-state index contributed by atoms with van der Waals surface area (Å²) in [6, 6.07) is 10.0. The van der Waals surface area contributed by atoms with E-state index < -0.39 is 10.0 Å². The van der Waals surface area contributed by atoms with E-state index in [4.69, 9.17) is 0 Å². The van der Waals surface area contributed by atoms with Crippen molar-refractivity contribution in [2.45, 2.75) is 11.8 Å². The molecule has 2 rings (SSSR count). The quantitative estimate of drug-likeness (QED) is 0.677. The summed E-state index contributed by atoms with van der Waals surface area (Å²) in [5, 5.41) is 3.71. The summed E-state index contributed by atoms with van der Waals surface area (Å²) in [5.41, 5.74) is 1.54. The number of benzene rings is 1. The van der Waals surface area contributed by atoms with Gasteiger partial charge in [-0.3, -0.25) is 4.98 Å². The topological polar surface area (TPSA) is 71.4 Å². The average molecular weight is 354 g/mol. The van der Waals surface area contributed by atoms with Gasteiger partial charge in [0.2, 0.25) is 0 Å². The Balaban J connectivity index is 2.11. The fourth-order valence-corrected chi connectivity index (χ4v) is 2.57. The van der Waals surface area contributed by atoms with Gasteiger partial charge in [0.1, 0.15) is 0 Å². The number of sulfonamides is 1. The Morgan fingerprint density at radius 2 is 1.95 bits per heavy atom. The van der Waals surface area contributed by atoms with Crippen molar-refractivity contribution in [2.75, 3.05) is 0 Å². The molecule has 0 unspecified atom stereocenters. The van der Waals surface area contributed by atoms with Crippen LogP contribution in [0, 0.1) is 6.92 Å². The van der Waals surface area contributed by atoms with Crippen LogP contribution in [0.4, 0.5) is 0 Å². The Labute approximate surface area is 125 Å². The summed E-state index contributed by atoms with van der Waals surface area (Å²) in [4.78, 5) is 6.35. The van der Waals surface area contributed by atoms with Crippen LogP contribution in [-0.4, -0.2) is 19.6 Å². The number of nitrogens with zero attached hydrogens (tertiary/aromatic N) is 2. The molecule has 5 nitrogen and oxygen atoms in total. The van der Waals surface area contributed by atoms with Crippen molar-refractivity contribution in [1.82, 2.24) is 9.82 Å². The first-order chi connectivity index (χ1) is 9.47. The third-order valence-electron chi connectivity index (χ3n) is 2.44. The van der Waals surface area contributed by atoms with E-state index in [1.54, 1.807) is 30.5 Å². The predicted octanol–water partition coefficient (Wildman–Crippen LogP) is 2.46. The highest BCUT2D eigenvalue weighted by molar-refractivity contribution is 9.10. The van der Waals surface area contributed by atoms with Crippen molar-refractivity contribution in [3.8, 4) is 0 Å². The van der Waals surface area contributed by atoms with Crippen molar-refractivity contribution >= 4 is 32.2 Å². The lowest BCUT2D eigenvalue weighted by molar-refractivity contribution is 0.584. The van der Waals surface area contributed by atoms with Crippen molar-refractivity contribution in [3.05, 3.63) is 58.3 Å². The SMILES string of the molecule is Cc1ccc(S(=O)(=O)N/N=C\c2cc(Br)ccn2)cc1. The van der Waals surface area contributed by atoms with Gasteiger partial charge in [-0.05, 0) is 31.2 Å². The first-order valence-corrected chi connectivity index (χ1v) is 7.98. The molecule has 0 amide bonds. The number of hydrogen-bond acceptors (Lipinski definition) is 4. The minimum absolute atomic E-state index is 0.169. The van der Waals surface area contributed by atoms with Crippen LogP contribution < -0.4 is 4.83 Å². The third kappa shape index (κ3) is 3.88. The number of rotatable bonds is 4. The molecule has 2 aromatic rings. The van der Waals surface area contributed by atoms with Crippen molar-refractivity contribution < 1.29 is 8.42 Å². The molecule has 7 heteroatoms. The Kier molecular flexibility index (Phi) is 4.51. The number of aryl methyl sites for hydroxylation is 1. The molecule has 1 aromatic heterocycles. The molecule has 0 saturated heterocycles. The molecule has 0 aliphatic rings. The first kappa shape index (κ1) is 14.7.